The SMILES string of the molecule is COc1ccc([C@H](Cc2c(Cl)c[nH+]cc2Cl)OC(=O)c2ccc(-c3cccc(CN(C(=O)O[C@H]4CN5CCC4CC5)c4ccccc4F)c3)cc2)cc1OC.[OH-]. The van der Waals surface area contributed by atoms with E-state index in [4.69, 9.17) is 42.1 Å². The molecule has 2 atom stereocenters. The second-order valence-electron chi connectivity index (χ2n) is 13.7. The number of carbonyl (C=O) groups is 2. The standard InChI is InChI=1S/C43H40Cl2FN3O6.H2O/c1-52-38-15-14-32(21-40(38)53-2)39(22-33-34(44)23-47-24-35(33)45)54-42(50)30-12-10-28(11-13-30)31-7-5-6-27(20-31)25-49(37-9-4-3-8-36(37)46)43(51)55-41-26-48-18-16-29(41)17-19-48;/h3-15,20-21,23-24,29,39,41H,16-19,22,25-26H2,1-2H3;1H2/t39-,41-;/m0./s1. The molecule has 56 heavy (non-hydrogen) atoms. The highest BCUT2D eigenvalue weighted by Gasteiger charge is 2.38. The minimum atomic E-state index is -0.768. The summed E-state index contributed by atoms with van der Waals surface area (Å²) in [4.78, 5) is 34.0. The molecular weight excluding hydrogens is 760 g/mol. The van der Waals surface area contributed by atoms with Crippen LogP contribution in [0.25, 0.3) is 11.1 Å². The highest BCUT2D eigenvalue weighted by atomic mass is 35.5. The first-order valence-corrected chi connectivity index (χ1v) is 18.9. The van der Waals surface area contributed by atoms with Crippen LogP contribution >= 0.6 is 23.2 Å². The predicted molar refractivity (Wildman–Crippen MR) is 210 cm³/mol. The molecule has 8 rings (SSSR count). The summed E-state index contributed by atoms with van der Waals surface area (Å²) in [7, 11) is 3.08. The minimum Gasteiger partial charge on any atom is -0.870 e. The summed E-state index contributed by atoms with van der Waals surface area (Å²) in [5, 5.41) is 0.813. The maximum absolute atomic E-state index is 15.1. The number of hydrogen-bond donors (Lipinski definition) is 0. The van der Waals surface area contributed by atoms with Crippen molar-refractivity contribution in [1.29, 1.82) is 0 Å². The number of aromatic nitrogens is 1. The zero-order valence-electron chi connectivity index (χ0n) is 30.9. The molecule has 0 unspecified atom stereocenters. The van der Waals surface area contributed by atoms with Crippen LogP contribution in [0.2, 0.25) is 10.0 Å². The highest BCUT2D eigenvalue weighted by molar-refractivity contribution is 6.35. The molecule has 1 aromatic heterocycles. The van der Waals surface area contributed by atoms with Gasteiger partial charge in [-0.3, -0.25) is 9.80 Å². The maximum Gasteiger partial charge on any atom is 0.415 e. The Morgan fingerprint density at radius 3 is 2.25 bits per heavy atom. The average Bonchev–Trinajstić information content (AvgIpc) is 3.21. The van der Waals surface area contributed by atoms with E-state index in [9.17, 15) is 9.59 Å². The van der Waals surface area contributed by atoms with E-state index in [2.05, 4.69) is 9.88 Å². The number of anilines is 1. The monoisotopic (exact) mass is 801 g/mol. The van der Waals surface area contributed by atoms with Crippen LogP contribution in [0, 0.1) is 11.7 Å². The number of para-hydroxylation sites is 1. The number of nitrogens with one attached hydrogen (secondary N) is 1. The third-order valence-electron chi connectivity index (χ3n) is 10.3. The Morgan fingerprint density at radius 2 is 1.59 bits per heavy atom. The van der Waals surface area contributed by atoms with Crippen molar-refractivity contribution in [2.24, 2.45) is 5.92 Å². The van der Waals surface area contributed by atoms with Crippen LogP contribution in [-0.2, 0) is 22.4 Å². The second-order valence-corrected chi connectivity index (χ2v) is 14.5. The highest BCUT2D eigenvalue weighted by Crippen LogP contribution is 2.36. The Morgan fingerprint density at radius 1 is 0.875 bits per heavy atom. The van der Waals surface area contributed by atoms with Crippen LogP contribution in [0.15, 0.2) is 103 Å². The van der Waals surface area contributed by atoms with E-state index >= 15 is 4.39 Å². The smallest absolute Gasteiger partial charge is 0.415 e. The van der Waals surface area contributed by atoms with Gasteiger partial charge in [0.25, 0.3) is 0 Å². The molecule has 4 heterocycles. The van der Waals surface area contributed by atoms with Gasteiger partial charge in [0.1, 0.15) is 28.1 Å². The molecule has 2 bridgehead atoms. The number of benzene rings is 4. The molecule has 5 aromatic rings. The van der Waals surface area contributed by atoms with E-state index in [0.29, 0.717) is 50.7 Å². The molecule has 4 aromatic carbocycles. The molecule has 2 N–H and O–H groups in total. The Bertz CT molecular complexity index is 2140. The Labute approximate surface area is 335 Å². The molecule has 3 aliphatic rings. The Hall–Kier alpha value is -5.20. The lowest BCUT2D eigenvalue weighted by molar-refractivity contribution is -0.377. The number of ether oxygens (including phenoxy) is 4. The van der Waals surface area contributed by atoms with Gasteiger partial charge in [0.15, 0.2) is 23.9 Å². The van der Waals surface area contributed by atoms with Gasteiger partial charge in [0.2, 0.25) is 0 Å². The number of hydrogen-bond acceptors (Lipinski definition) is 8. The zero-order chi connectivity index (χ0) is 38.5. The summed E-state index contributed by atoms with van der Waals surface area (Å²) in [5.41, 5.74) is 4.24. The van der Waals surface area contributed by atoms with Crippen molar-refractivity contribution in [1.82, 2.24) is 4.90 Å². The third-order valence-corrected chi connectivity index (χ3v) is 11.0. The maximum atomic E-state index is 15.1. The molecule has 0 radical (unpaired) electrons. The van der Waals surface area contributed by atoms with Gasteiger partial charge in [-0.15, -0.1) is 0 Å². The van der Waals surface area contributed by atoms with E-state index in [1.807, 2.05) is 36.4 Å². The topological polar surface area (TPSA) is 122 Å². The quantitative estimate of drug-likeness (QED) is 0.115. The number of pyridine rings is 1. The van der Waals surface area contributed by atoms with Crippen LogP contribution in [0.3, 0.4) is 0 Å². The largest absolute Gasteiger partial charge is 0.870 e. The van der Waals surface area contributed by atoms with Crippen molar-refractivity contribution in [3.63, 3.8) is 0 Å². The predicted octanol–water partition coefficient (Wildman–Crippen LogP) is 8.83. The summed E-state index contributed by atoms with van der Waals surface area (Å²) < 4.78 is 38.2. The lowest BCUT2D eigenvalue weighted by Gasteiger charge is -2.44. The number of halogens is 3. The lowest BCUT2D eigenvalue weighted by atomic mass is 9.86. The molecule has 0 saturated carbocycles. The van der Waals surface area contributed by atoms with Gasteiger partial charge >= 0.3 is 12.1 Å². The number of rotatable bonds is 12. The van der Waals surface area contributed by atoms with Gasteiger partial charge in [-0.1, -0.05) is 71.7 Å². The van der Waals surface area contributed by atoms with Crippen molar-refractivity contribution in [3.8, 4) is 22.6 Å². The number of amides is 1. The summed E-state index contributed by atoms with van der Waals surface area (Å²) in [6, 6.07) is 26.3. The van der Waals surface area contributed by atoms with Gasteiger partial charge in [-0.2, -0.15) is 0 Å². The molecular formula is C43H42Cl2FN3O7. The number of H-pyrrole nitrogens is 1. The van der Waals surface area contributed by atoms with Crippen molar-refractivity contribution in [3.05, 3.63) is 142 Å². The molecule has 13 heteroatoms. The van der Waals surface area contributed by atoms with Crippen LogP contribution in [0.4, 0.5) is 14.9 Å². The lowest BCUT2D eigenvalue weighted by Crippen LogP contribution is -2.53. The normalized spacial score (nSPS) is 17.6. The van der Waals surface area contributed by atoms with Crippen molar-refractivity contribution in [2.75, 3.05) is 38.8 Å². The van der Waals surface area contributed by atoms with Gasteiger partial charge in [-0.25, -0.2) is 19.0 Å². The van der Waals surface area contributed by atoms with E-state index in [1.54, 1.807) is 68.0 Å². The van der Waals surface area contributed by atoms with E-state index < -0.39 is 24.0 Å². The summed E-state index contributed by atoms with van der Waals surface area (Å²) >= 11 is 13.0. The Kier molecular flexibility index (Phi) is 13.1. The summed E-state index contributed by atoms with van der Waals surface area (Å²) in [6.07, 6.45) is 3.86. The number of methoxy groups -OCH3 is 2. The summed E-state index contributed by atoms with van der Waals surface area (Å²) in [6.45, 7) is 2.83. The molecule has 292 valence electrons. The number of esters is 1. The first kappa shape index (κ1) is 40.5. The Balaban J connectivity index is 0.00000532. The fourth-order valence-electron chi connectivity index (χ4n) is 7.32. The molecule has 0 spiro atoms. The zero-order valence-corrected chi connectivity index (χ0v) is 32.4. The van der Waals surface area contributed by atoms with Crippen molar-refractivity contribution in [2.45, 2.75) is 38.0 Å². The third kappa shape index (κ3) is 9.08. The number of carbonyl (C=O) groups excluding carboxylic acids is 2. The van der Waals surface area contributed by atoms with Crippen LogP contribution in [-0.4, -0.2) is 62.4 Å². The molecule has 3 aliphatic heterocycles. The van der Waals surface area contributed by atoms with E-state index in [0.717, 1.165) is 42.6 Å². The minimum absolute atomic E-state index is 0. The first-order chi connectivity index (χ1) is 26.7. The van der Waals surface area contributed by atoms with Gasteiger partial charge in [0, 0.05) is 18.5 Å². The number of piperidine rings is 3. The van der Waals surface area contributed by atoms with Crippen molar-refractivity contribution < 1.29 is 43.4 Å². The summed E-state index contributed by atoms with van der Waals surface area (Å²) in [5.74, 6) is 0.280. The first-order valence-electron chi connectivity index (χ1n) is 18.1. The van der Waals surface area contributed by atoms with Crippen LogP contribution in [0.5, 0.6) is 11.5 Å². The number of nitrogens with zero attached hydrogens (tertiary/aromatic N) is 2. The second kappa shape index (κ2) is 18.2. The average molecular weight is 803 g/mol. The fraction of sp³-hybridized carbons (Fsp3) is 0.279. The molecule has 3 fully saturated rings. The number of aromatic amines is 1. The van der Waals surface area contributed by atoms with Gasteiger partial charge in [-0.05, 0) is 96.6 Å². The van der Waals surface area contributed by atoms with Gasteiger partial charge < -0.3 is 24.4 Å². The molecule has 10 nitrogen and oxygen atoms in total. The van der Waals surface area contributed by atoms with E-state index in [-0.39, 0.29) is 30.2 Å². The molecule has 0 aliphatic carbocycles. The molecule has 3 saturated heterocycles. The fourth-order valence-corrected chi connectivity index (χ4v) is 7.85. The van der Waals surface area contributed by atoms with Crippen LogP contribution in [0.1, 0.15) is 46.0 Å². The molecule has 1 amide bonds. The van der Waals surface area contributed by atoms with Crippen LogP contribution < -0.4 is 19.4 Å². The van der Waals surface area contributed by atoms with Crippen molar-refractivity contribution >= 4 is 41.0 Å². The van der Waals surface area contributed by atoms with Gasteiger partial charge in [0.05, 0.1) is 32.0 Å². The number of fused-ring (bicyclic) bond motifs is 3. The van der Waals surface area contributed by atoms with E-state index in [1.165, 1.54) is 18.1 Å².